The average Bonchev–Trinajstić information content (AvgIpc) is 3.08. The summed E-state index contributed by atoms with van der Waals surface area (Å²) in [5, 5.41) is 11.6. The third kappa shape index (κ3) is 4.44. The zero-order valence-corrected chi connectivity index (χ0v) is 15.6. The summed E-state index contributed by atoms with van der Waals surface area (Å²) in [6.07, 6.45) is 0.0866. The topological polar surface area (TPSA) is 104 Å². The van der Waals surface area contributed by atoms with E-state index in [1.165, 1.54) is 0 Å². The number of benzene rings is 2. The van der Waals surface area contributed by atoms with Crippen LogP contribution in [0.3, 0.4) is 0 Å². The van der Waals surface area contributed by atoms with Crippen molar-refractivity contribution in [3.63, 3.8) is 0 Å². The SMILES string of the molecule is Cc1oc(-c2ccccc2)nc1CC(=O)NC(C)c1cccc(C(=O)NO)c1. The summed E-state index contributed by atoms with van der Waals surface area (Å²) < 4.78 is 5.69. The van der Waals surface area contributed by atoms with Crippen LogP contribution in [-0.2, 0) is 11.2 Å². The number of carbonyl (C=O) groups is 2. The molecule has 0 bridgehead atoms. The predicted molar refractivity (Wildman–Crippen MR) is 103 cm³/mol. The molecule has 1 atom stereocenters. The number of hydrogen-bond acceptors (Lipinski definition) is 5. The Morgan fingerprint density at radius 2 is 1.89 bits per heavy atom. The quantitative estimate of drug-likeness (QED) is 0.451. The van der Waals surface area contributed by atoms with E-state index in [0.29, 0.717) is 22.9 Å². The van der Waals surface area contributed by atoms with Gasteiger partial charge in [-0.05, 0) is 43.7 Å². The van der Waals surface area contributed by atoms with Gasteiger partial charge in [0.1, 0.15) is 5.76 Å². The van der Waals surface area contributed by atoms with Crippen molar-refractivity contribution in [3.8, 4) is 11.5 Å². The molecule has 3 rings (SSSR count). The zero-order chi connectivity index (χ0) is 20.1. The summed E-state index contributed by atoms with van der Waals surface area (Å²) in [7, 11) is 0. The van der Waals surface area contributed by atoms with Crippen molar-refractivity contribution in [2.24, 2.45) is 0 Å². The normalized spacial score (nSPS) is 11.7. The molecule has 1 aromatic heterocycles. The van der Waals surface area contributed by atoms with Gasteiger partial charge in [0, 0.05) is 11.1 Å². The summed E-state index contributed by atoms with van der Waals surface area (Å²) in [5.41, 5.74) is 4.08. The Morgan fingerprint density at radius 3 is 2.61 bits per heavy atom. The minimum absolute atomic E-state index is 0.0866. The minimum Gasteiger partial charge on any atom is -0.441 e. The molecule has 0 aliphatic heterocycles. The third-order valence-corrected chi connectivity index (χ3v) is 4.37. The highest BCUT2D eigenvalue weighted by molar-refractivity contribution is 5.93. The first-order valence-corrected chi connectivity index (χ1v) is 8.83. The van der Waals surface area contributed by atoms with E-state index < -0.39 is 5.91 Å². The maximum absolute atomic E-state index is 12.5. The Balaban J connectivity index is 1.67. The van der Waals surface area contributed by atoms with E-state index in [2.05, 4.69) is 10.3 Å². The van der Waals surface area contributed by atoms with E-state index in [0.717, 1.165) is 11.1 Å². The Morgan fingerprint density at radius 1 is 1.14 bits per heavy atom. The highest BCUT2D eigenvalue weighted by Gasteiger charge is 2.17. The summed E-state index contributed by atoms with van der Waals surface area (Å²) >= 11 is 0. The molecule has 144 valence electrons. The molecule has 7 heteroatoms. The summed E-state index contributed by atoms with van der Waals surface area (Å²) in [6.45, 7) is 3.60. The maximum atomic E-state index is 12.5. The van der Waals surface area contributed by atoms with Gasteiger partial charge in [-0.15, -0.1) is 0 Å². The van der Waals surface area contributed by atoms with E-state index in [-0.39, 0.29) is 18.4 Å². The first kappa shape index (κ1) is 19.3. The molecule has 3 aromatic rings. The van der Waals surface area contributed by atoms with E-state index in [1.807, 2.05) is 37.3 Å². The first-order chi connectivity index (χ1) is 13.5. The number of nitrogens with one attached hydrogen (secondary N) is 2. The Kier molecular flexibility index (Phi) is 5.86. The largest absolute Gasteiger partial charge is 0.441 e. The summed E-state index contributed by atoms with van der Waals surface area (Å²) in [5.74, 6) is 0.271. The molecule has 1 unspecified atom stereocenters. The standard InChI is InChI=1S/C21H21N3O4/c1-13(16-9-6-10-17(11-16)20(26)24-27)22-19(25)12-18-14(2)28-21(23-18)15-7-4-3-5-8-15/h3-11,13,27H,12H2,1-2H3,(H,22,25)(H,24,26). The van der Waals surface area contributed by atoms with Gasteiger partial charge in [-0.2, -0.15) is 0 Å². The summed E-state index contributed by atoms with van der Waals surface area (Å²) in [6, 6.07) is 15.9. The number of carbonyl (C=O) groups excluding carboxylic acids is 2. The van der Waals surface area contributed by atoms with Crippen LogP contribution in [0.15, 0.2) is 59.0 Å². The second-order valence-electron chi connectivity index (χ2n) is 6.42. The lowest BCUT2D eigenvalue weighted by molar-refractivity contribution is -0.121. The lowest BCUT2D eigenvalue weighted by atomic mass is 10.0. The third-order valence-electron chi connectivity index (χ3n) is 4.37. The maximum Gasteiger partial charge on any atom is 0.274 e. The number of nitrogens with zero attached hydrogens (tertiary/aromatic N) is 1. The second kappa shape index (κ2) is 8.49. The Bertz CT molecular complexity index is 982. The van der Waals surface area contributed by atoms with E-state index >= 15 is 0 Å². The van der Waals surface area contributed by atoms with Crippen LogP contribution < -0.4 is 10.8 Å². The van der Waals surface area contributed by atoms with Crippen LogP contribution in [0, 0.1) is 6.92 Å². The molecule has 3 N–H and O–H groups in total. The van der Waals surface area contributed by atoms with Gasteiger partial charge in [-0.25, -0.2) is 10.5 Å². The van der Waals surface area contributed by atoms with Gasteiger partial charge in [0.2, 0.25) is 11.8 Å². The minimum atomic E-state index is -0.605. The smallest absolute Gasteiger partial charge is 0.274 e. The van der Waals surface area contributed by atoms with Crippen LogP contribution in [0.25, 0.3) is 11.5 Å². The van der Waals surface area contributed by atoms with Gasteiger partial charge in [0.25, 0.3) is 5.91 Å². The van der Waals surface area contributed by atoms with E-state index in [1.54, 1.807) is 36.7 Å². The van der Waals surface area contributed by atoms with Crippen LogP contribution in [0.1, 0.15) is 40.3 Å². The van der Waals surface area contributed by atoms with Crippen molar-refractivity contribution in [1.29, 1.82) is 0 Å². The summed E-state index contributed by atoms with van der Waals surface area (Å²) in [4.78, 5) is 28.4. The number of aryl methyl sites for hydroxylation is 1. The van der Waals surface area contributed by atoms with Crippen molar-refractivity contribution < 1.29 is 19.2 Å². The van der Waals surface area contributed by atoms with E-state index in [9.17, 15) is 9.59 Å². The van der Waals surface area contributed by atoms with Crippen molar-refractivity contribution in [2.75, 3.05) is 0 Å². The molecule has 28 heavy (non-hydrogen) atoms. The number of rotatable bonds is 6. The fourth-order valence-electron chi connectivity index (χ4n) is 2.84. The lowest BCUT2D eigenvalue weighted by Crippen LogP contribution is -2.28. The van der Waals surface area contributed by atoms with Gasteiger partial charge in [-0.1, -0.05) is 30.3 Å². The van der Waals surface area contributed by atoms with Crippen molar-refractivity contribution in [2.45, 2.75) is 26.3 Å². The average molecular weight is 379 g/mol. The fourth-order valence-corrected chi connectivity index (χ4v) is 2.84. The molecule has 0 saturated heterocycles. The van der Waals surface area contributed by atoms with E-state index in [4.69, 9.17) is 9.62 Å². The number of hydrogen-bond donors (Lipinski definition) is 3. The molecule has 0 spiro atoms. The Labute approximate surface area is 162 Å². The number of aromatic nitrogens is 1. The molecule has 2 aromatic carbocycles. The molecule has 0 aliphatic rings. The number of oxazole rings is 1. The highest BCUT2D eigenvalue weighted by atomic mass is 16.5. The van der Waals surface area contributed by atoms with Gasteiger partial charge >= 0.3 is 0 Å². The monoisotopic (exact) mass is 379 g/mol. The molecule has 0 fully saturated rings. The highest BCUT2D eigenvalue weighted by Crippen LogP contribution is 2.22. The second-order valence-corrected chi connectivity index (χ2v) is 6.42. The van der Waals surface area contributed by atoms with Gasteiger partial charge in [0.15, 0.2) is 0 Å². The van der Waals surface area contributed by atoms with Gasteiger partial charge in [-0.3, -0.25) is 14.8 Å². The fraction of sp³-hybridized carbons (Fsp3) is 0.190. The van der Waals surface area contributed by atoms with Crippen LogP contribution in [0.2, 0.25) is 0 Å². The van der Waals surface area contributed by atoms with Crippen LogP contribution in [0.5, 0.6) is 0 Å². The Hall–Kier alpha value is -3.45. The van der Waals surface area contributed by atoms with Gasteiger partial charge in [0.05, 0.1) is 18.2 Å². The lowest BCUT2D eigenvalue weighted by Gasteiger charge is -2.15. The van der Waals surface area contributed by atoms with Crippen LogP contribution in [0.4, 0.5) is 0 Å². The molecule has 0 aliphatic carbocycles. The molecule has 2 amide bonds. The zero-order valence-electron chi connectivity index (χ0n) is 15.6. The van der Waals surface area contributed by atoms with Crippen molar-refractivity contribution in [3.05, 3.63) is 77.2 Å². The molecular formula is C21H21N3O4. The number of hydroxylamine groups is 1. The molecule has 0 saturated carbocycles. The van der Waals surface area contributed by atoms with Gasteiger partial charge < -0.3 is 9.73 Å². The molecule has 7 nitrogen and oxygen atoms in total. The van der Waals surface area contributed by atoms with Crippen LogP contribution in [-0.4, -0.2) is 22.0 Å². The van der Waals surface area contributed by atoms with Crippen molar-refractivity contribution >= 4 is 11.8 Å². The molecule has 1 heterocycles. The number of amides is 2. The van der Waals surface area contributed by atoms with Crippen LogP contribution >= 0.6 is 0 Å². The predicted octanol–water partition coefficient (Wildman–Crippen LogP) is 3.19. The molecule has 0 radical (unpaired) electrons. The van der Waals surface area contributed by atoms with Crippen molar-refractivity contribution in [1.82, 2.24) is 15.8 Å². The molecular weight excluding hydrogens is 358 g/mol. The first-order valence-electron chi connectivity index (χ1n) is 8.83.